The Labute approximate surface area is 160 Å². The minimum atomic E-state index is -0.585. The van der Waals surface area contributed by atoms with Gasteiger partial charge in [-0.25, -0.2) is 4.79 Å². The average Bonchev–Trinajstić information content (AvgIpc) is 2.66. The molecule has 0 aliphatic rings. The maximum atomic E-state index is 11.8. The van der Waals surface area contributed by atoms with E-state index < -0.39 is 5.97 Å². The molecule has 0 saturated heterocycles. The van der Waals surface area contributed by atoms with Crippen LogP contribution in [-0.2, 0) is 20.9 Å². The minimum absolute atomic E-state index is 0.234. The molecule has 0 aliphatic heterocycles. The van der Waals surface area contributed by atoms with Crippen LogP contribution in [0.25, 0.3) is 0 Å². The highest BCUT2D eigenvalue weighted by molar-refractivity contribution is 5.80. The number of nitrogens with one attached hydrogen (secondary N) is 1. The molecule has 6 heteroatoms. The maximum Gasteiger partial charge on any atom is 0.344 e. The molecule has 2 aromatic carbocycles. The summed E-state index contributed by atoms with van der Waals surface area (Å²) in [7, 11) is 3.93. The van der Waals surface area contributed by atoms with Crippen molar-refractivity contribution in [3.63, 3.8) is 0 Å². The third-order valence-electron chi connectivity index (χ3n) is 4.14. The van der Waals surface area contributed by atoms with Gasteiger partial charge in [-0.3, -0.25) is 4.79 Å². The number of benzene rings is 2. The number of nitrogens with zero attached hydrogens (tertiary/aromatic N) is 1. The lowest BCUT2D eigenvalue weighted by molar-refractivity contribution is -0.150. The van der Waals surface area contributed by atoms with Crippen LogP contribution in [-0.4, -0.2) is 39.2 Å². The number of carbonyl (C=O) groups is 2. The predicted molar refractivity (Wildman–Crippen MR) is 105 cm³/mol. The number of rotatable bonds is 8. The van der Waals surface area contributed by atoms with Crippen molar-refractivity contribution in [2.45, 2.75) is 20.4 Å². The fourth-order valence-corrected chi connectivity index (χ4v) is 2.30. The van der Waals surface area contributed by atoms with Gasteiger partial charge >= 0.3 is 5.97 Å². The van der Waals surface area contributed by atoms with Crippen LogP contribution < -0.4 is 15.0 Å². The van der Waals surface area contributed by atoms with Gasteiger partial charge < -0.3 is 19.7 Å². The van der Waals surface area contributed by atoms with Gasteiger partial charge in [0.05, 0.1) is 0 Å². The fraction of sp³-hybridized carbons (Fsp3) is 0.333. The number of esters is 1. The molecule has 0 radical (unpaired) electrons. The Morgan fingerprint density at radius 1 is 0.963 bits per heavy atom. The number of hydrogen-bond acceptors (Lipinski definition) is 5. The van der Waals surface area contributed by atoms with Crippen LogP contribution in [0.2, 0.25) is 0 Å². The van der Waals surface area contributed by atoms with E-state index in [2.05, 4.69) is 5.32 Å². The number of aryl methyl sites for hydroxylation is 2. The van der Waals surface area contributed by atoms with Crippen molar-refractivity contribution < 1.29 is 19.1 Å². The molecule has 2 aromatic rings. The minimum Gasteiger partial charge on any atom is -0.482 e. The van der Waals surface area contributed by atoms with Crippen molar-refractivity contribution in [1.29, 1.82) is 0 Å². The van der Waals surface area contributed by atoms with E-state index in [1.807, 2.05) is 69.2 Å². The summed E-state index contributed by atoms with van der Waals surface area (Å²) in [5.74, 6) is -0.342. The second-order valence-electron chi connectivity index (χ2n) is 6.53. The van der Waals surface area contributed by atoms with Crippen LogP contribution in [0.1, 0.15) is 16.7 Å². The molecule has 6 nitrogen and oxygen atoms in total. The maximum absolute atomic E-state index is 11.8. The topological polar surface area (TPSA) is 67.9 Å². The van der Waals surface area contributed by atoms with Gasteiger partial charge in [-0.05, 0) is 54.8 Å². The van der Waals surface area contributed by atoms with Crippen LogP contribution in [0.5, 0.6) is 5.75 Å². The first-order chi connectivity index (χ1) is 12.8. The van der Waals surface area contributed by atoms with Gasteiger partial charge in [0, 0.05) is 26.3 Å². The normalized spacial score (nSPS) is 10.2. The third kappa shape index (κ3) is 6.66. The van der Waals surface area contributed by atoms with Crippen molar-refractivity contribution in [2.75, 3.05) is 32.2 Å². The molecule has 0 fully saturated rings. The molecule has 0 aromatic heterocycles. The summed E-state index contributed by atoms with van der Waals surface area (Å²) in [6.45, 7) is 3.79. The van der Waals surface area contributed by atoms with E-state index in [0.29, 0.717) is 12.3 Å². The summed E-state index contributed by atoms with van der Waals surface area (Å²) in [5, 5.41) is 2.72. The number of carbonyl (C=O) groups excluding carboxylic acids is 2. The Bertz CT molecular complexity index is 785. The molecule has 0 heterocycles. The number of ether oxygens (including phenoxy) is 2. The van der Waals surface area contributed by atoms with E-state index in [-0.39, 0.29) is 19.1 Å². The first-order valence-corrected chi connectivity index (χ1v) is 8.74. The highest BCUT2D eigenvalue weighted by atomic mass is 16.6. The second kappa shape index (κ2) is 9.62. The van der Waals surface area contributed by atoms with Crippen molar-refractivity contribution in [2.24, 2.45) is 0 Å². The number of hydrogen-bond donors (Lipinski definition) is 1. The third-order valence-corrected chi connectivity index (χ3v) is 4.14. The fourth-order valence-electron chi connectivity index (χ4n) is 2.30. The van der Waals surface area contributed by atoms with Gasteiger partial charge in [0.25, 0.3) is 5.91 Å². The highest BCUT2D eigenvalue weighted by Crippen LogP contribution is 2.16. The molecule has 0 unspecified atom stereocenters. The van der Waals surface area contributed by atoms with Gasteiger partial charge in [-0.15, -0.1) is 0 Å². The van der Waals surface area contributed by atoms with E-state index in [9.17, 15) is 9.59 Å². The smallest absolute Gasteiger partial charge is 0.344 e. The largest absolute Gasteiger partial charge is 0.482 e. The SMILES string of the molecule is Cc1ccc(OCC(=O)OCC(=O)NCc2ccc(N(C)C)cc2)cc1C. The highest BCUT2D eigenvalue weighted by Gasteiger charge is 2.09. The summed E-state index contributed by atoms with van der Waals surface area (Å²) in [6, 6.07) is 13.4. The molecule has 0 atom stereocenters. The van der Waals surface area contributed by atoms with Crippen molar-refractivity contribution >= 4 is 17.6 Å². The van der Waals surface area contributed by atoms with E-state index in [1.54, 1.807) is 6.07 Å². The lowest BCUT2D eigenvalue weighted by Crippen LogP contribution is -2.29. The van der Waals surface area contributed by atoms with Gasteiger partial charge in [0.15, 0.2) is 13.2 Å². The van der Waals surface area contributed by atoms with E-state index >= 15 is 0 Å². The first-order valence-electron chi connectivity index (χ1n) is 8.74. The molecule has 0 spiro atoms. The molecule has 0 bridgehead atoms. The quantitative estimate of drug-likeness (QED) is 0.724. The van der Waals surface area contributed by atoms with E-state index in [0.717, 1.165) is 22.4 Å². The summed E-state index contributed by atoms with van der Waals surface area (Å²) in [5.41, 5.74) is 4.29. The number of amides is 1. The van der Waals surface area contributed by atoms with Crippen molar-refractivity contribution in [3.8, 4) is 5.75 Å². The van der Waals surface area contributed by atoms with Gasteiger partial charge in [0.2, 0.25) is 0 Å². The van der Waals surface area contributed by atoms with Crippen molar-refractivity contribution in [1.82, 2.24) is 5.32 Å². The summed E-state index contributed by atoms with van der Waals surface area (Å²) in [4.78, 5) is 25.5. The zero-order chi connectivity index (χ0) is 19.8. The Morgan fingerprint density at radius 2 is 1.67 bits per heavy atom. The van der Waals surface area contributed by atoms with Gasteiger partial charge in [-0.1, -0.05) is 18.2 Å². The van der Waals surface area contributed by atoms with Crippen LogP contribution in [0, 0.1) is 13.8 Å². The molecular formula is C21H26N2O4. The summed E-state index contributed by atoms with van der Waals surface area (Å²) in [6.07, 6.45) is 0. The molecule has 0 saturated carbocycles. The molecule has 27 heavy (non-hydrogen) atoms. The number of anilines is 1. The second-order valence-corrected chi connectivity index (χ2v) is 6.53. The Balaban J connectivity index is 1.68. The van der Waals surface area contributed by atoms with Crippen LogP contribution in [0.15, 0.2) is 42.5 Å². The Hall–Kier alpha value is -3.02. The predicted octanol–water partition coefficient (Wildman–Crippen LogP) is 2.61. The van der Waals surface area contributed by atoms with Crippen molar-refractivity contribution in [3.05, 3.63) is 59.2 Å². The monoisotopic (exact) mass is 370 g/mol. The lowest BCUT2D eigenvalue weighted by Gasteiger charge is -2.13. The van der Waals surface area contributed by atoms with Crippen LogP contribution >= 0.6 is 0 Å². The molecular weight excluding hydrogens is 344 g/mol. The van der Waals surface area contributed by atoms with Crippen LogP contribution in [0.3, 0.4) is 0 Å². The average molecular weight is 370 g/mol. The lowest BCUT2D eigenvalue weighted by atomic mass is 10.1. The van der Waals surface area contributed by atoms with Gasteiger partial charge in [0.1, 0.15) is 5.75 Å². The zero-order valence-electron chi connectivity index (χ0n) is 16.2. The standard InChI is InChI=1S/C21H26N2O4/c1-15-5-10-19(11-16(15)2)26-14-21(25)27-13-20(24)22-12-17-6-8-18(9-7-17)23(3)4/h5-11H,12-14H2,1-4H3,(H,22,24). The van der Waals surface area contributed by atoms with E-state index in [4.69, 9.17) is 9.47 Å². The Morgan fingerprint density at radius 3 is 2.30 bits per heavy atom. The van der Waals surface area contributed by atoms with Gasteiger partial charge in [-0.2, -0.15) is 0 Å². The Kier molecular flexibility index (Phi) is 7.23. The molecule has 2 rings (SSSR count). The molecule has 144 valence electrons. The summed E-state index contributed by atoms with van der Waals surface area (Å²) >= 11 is 0. The molecule has 1 N–H and O–H groups in total. The van der Waals surface area contributed by atoms with E-state index in [1.165, 1.54) is 0 Å². The first kappa shape index (κ1) is 20.3. The molecule has 0 aliphatic carbocycles. The zero-order valence-corrected chi connectivity index (χ0v) is 16.2. The van der Waals surface area contributed by atoms with Crippen LogP contribution in [0.4, 0.5) is 5.69 Å². The molecule has 1 amide bonds. The summed E-state index contributed by atoms with van der Waals surface area (Å²) < 4.78 is 10.3.